The van der Waals surface area contributed by atoms with Crippen molar-refractivity contribution in [3.05, 3.63) is 39.9 Å². The Morgan fingerprint density at radius 3 is 2.38 bits per heavy atom. The lowest BCUT2D eigenvalue weighted by Crippen LogP contribution is -2.28. The smallest absolute Gasteiger partial charge is 0.274 e. The fourth-order valence-electron chi connectivity index (χ4n) is 1.38. The van der Waals surface area contributed by atoms with Gasteiger partial charge in [0.2, 0.25) is 5.78 Å². The SMILES string of the molecule is CC[C@@H](C(=O)c1ccc(OC)cc1)[N+](=O)[O-]. The maximum Gasteiger partial charge on any atom is 0.274 e. The van der Waals surface area contributed by atoms with Crippen LogP contribution in [0.15, 0.2) is 24.3 Å². The van der Waals surface area contributed by atoms with Crippen molar-refractivity contribution in [3.8, 4) is 5.75 Å². The van der Waals surface area contributed by atoms with Crippen molar-refractivity contribution in [1.82, 2.24) is 0 Å². The Bertz CT molecular complexity index is 385. The van der Waals surface area contributed by atoms with Gasteiger partial charge in [-0.05, 0) is 24.3 Å². The molecule has 1 aromatic rings. The number of benzene rings is 1. The van der Waals surface area contributed by atoms with E-state index in [4.69, 9.17) is 4.74 Å². The highest BCUT2D eigenvalue weighted by molar-refractivity contribution is 5.99. The van der Waals surface area contributed by atoms with Crippen LogP contribution in [0.5, 0.6) is 5.75 Å². The molecule has 16 heavy (non-hydrogen) atoms. The fraction of sp³-hybridized carbons (Fsp3) is 0.364. The summed E-state index contributed by atoms with van der Waals surface area (Å²) >= 11 is 0. The number of carbonyl (C=O) groups is 1. The number of hydrogen-bond donors (Lipinski definition) is 0. The quantitative estimate of drug-likeness (QED) is 0.434. The maximum absolute atomic E-state index is 11.7. The summed E-state index contributed by atoms with van der Waals surface area (Å²) in [6, 6.07) is 5.13. The second-order valence-electron chi connectivity index (χ2n) is 3.30. The molecule has 0 N–H and O–H groups in total. The molecule has 86 valence electrons. The van der Waals surface area contributed by atoms with Crippen molar-refractivity contribution in [2.24, 2.45) is 0 Å². The minimum Gasteiger partial charge on any atom is -0.497 e. The van der Waals surface area contributed by atoms with Crippen LogP contribution >= 0.6 is 0 Å². The van der Waals surface area contributed by atoms with Crippen LogP contribution in [-0.2, 0) is 0 Å². The van der Waals surface area contributed by atoms with Gasteiger partial charge < -0.3 is 4.74 Å². The maximum atomic E-state index is 11.7. The molecule has 0 saturated carbocycles. The summed E-state index contributed by atoms with van der Waals surface area (Å²) in [5.74, 6) is 0.154. The second-order valence-corrected chi connectivity index (χ2v) is 3.30. The van der Waals surface area contributed by atoms with Crippen molar-refractivity contribution in [1.29, 1.82) is 0 Å². The summed E-state index contributed by atoms with van der Waals surface area (Å²) in [4.78, 5) is 21.8. The molecule has 1 rings (SSSR count). The van der Waals surface area contributed by atoms with E-state index < -0.39 is 16.7 Å². The minimum absolute atomic E-state index is 0.192. The molecule has 0 radical (unpaired) electrons. The lowest BCUT2D eigenvalue weighted by atomic mass is 10.0. The molecule has 0 aromatic heterocycles. The number of nitro groups is 1. The van der Waals surface area contributed by atoms with Crippen LogP contribution in [0, 0.1) is 10.1 Å². The van der Waals surface area contributed by atoms with Gasteiger partial charge >= 0.3 is 0 Å². The molecular formula is C11H13NO4. The van der Waals surface area contributed by atoms with Crippen LogP contribution in [0.1, 0.15) is 23.7 Å². The lowest BCUT2D eigenvalue weighted by Gasteiger charge is -2.06. The molecule has 0 unspecified atom stereocenters. The molecule has 0 aliphatic heterocycles. The molecule has 1 aromatic carbocycles. The third-order valence-corrected chi connectivity index (χ3v) is 2.32. The molecule has 1 atom stereocenters. The summed E-state index contributed by atoms with van der Waals surface area (Å²) < 4.78 is 4.94. The van der Waals surface area contributed by atoms with Gasteiger partial charge in [0.1, 0.15) is 5.75 Å². The van der Waals surface area contributed by atoms with E-state index in [1.165, 1.54) is 19.2 Å². The van der Waals surface area contributed by atoms with Crippen LogP contribution in [0.2, 0.25) is 0 Å². The van der Waals surface area contributed by atoms with E-state index in [2.05, 4.69) is 0 Å². The number of ether oxygens (including phenoxy) is 1. The largest absolute Gasteiger partial charge is 0.497 e. The first-order chi connectivity index (χ1) is 7.60. The standard InChI is InChI=1S/C11H13NO4/c1-3-10(12(14)15)11(13)8-4-6-9(16-2)7-5-8/h4-7,10H,3H2,1-2H3/t10-/m0/s1. The first kappa shape index (κ1) is 12.2. The van der Waals surface area contributed by atoms with Gasteiger partial charge in [0, 0.05) is 16.9 Å². The van der Waals surface area contributed by atoms with Crippen molar-refractivity contribution in [3.63, 3.8) is 0 Å². The monoisotopic (exact) mass is 223 g/mol. The molecule has 0 aliphatic carbocycles. The predicted octanol–water partition coefficient (Wildman–Crippen LogP) is 1.93. The highest BCUT2D eigenvalue weighted by Crippen LogP contribution is 2.14. The van der Waals surface area contributed by atoms with Gasteiger partial charge in [0.15, 0.2) is 0 Å². The topological polar surface area (TPSA) is 69.4 Å². The zero-order valence-electron chi connectivity index (χ0n) is 9.17. The van der Waals surface area contributed by atoms with Crippen molar-refractivity contribution < 1.29 is 14.5 Å². The Kier molecular flexibility index (Phi) is 3.99. The van der Waals surface area contributed by atoms with Gasteiger partial charge in [0.05, 0.1) is 7.11 Å². The molecule has 0 heterocycles. The fourth-order valence-corrected chi connectivity index (χ4v) is 1.38. The van der Waals surface area contributed by atoms with Gasteiger partial charge in [-0.2, -0.15) is 0 Å². The number of nitrogens with zero attached hydrogens (tertiary/aromatic N) is 1. The summed E-state index contributed by atoms with van der Waals surface area (Å²) in [5.41, 5.74) is 0.337. The van der Waals surface area contributed by atoms with Crippen LogP contribution in [0.25, 0.3) is 0 Å². The molecule has 0 saturated heterocycles. The van der Waals surface area contributed by atoms with Gasteiger partial charge in [-0.3, -0.25) is 14.9 Å². The van der Waals surface area contributed by atoms with E-state index in [-0.39, 0.29) is 6.42 Å². The molecule has 5 heteroatoms. The zero-order chi connectivity index (χ0) is 12.1. The van der Waals surface area contributed by atoms with Crippen LogP contribution in [0.4, 0.5) is 0 Å². The Morgan fingerprint density at radius 2 is 2.00 bits per heavy atom. The van der Waals surface area contributed by atoms with Crippen molar-refractivity contribution >= 4 is 5.78 Å². The van der Waals surface area contributed by atoms with Gasteiger partial charge in [-0.25, -0.2) is 0 Å². The van der Waals surface area contributed by atoms with E-state index in [1.54, 1.807) is 19.1 Å². The molecule has 0 spiro atoms. The molecule has 5 nitrogen and oxygen atoms in total. The zero-order valence-corrected chi connectivity index (χ0v) is 9.17. The Balaban J connectivity index is 2.91. The number of rotatable bonds is 5. The number of Topliss-reactive ketones (excluding diaryl/α,β-unsaturated/α-hetero) is 1. The number of hydrogen-bond acceptors (Lipinski definition) is 4. The summed E-state index contributed by atoms with van der Waals surface area (Å²) in [7, 11) is 1.52. The Labute approximate surface area is 93.2 Å². The van der Waals surface area contributed by atoms with Crippen LogP contribution < -0.4 is 4.74 Å². The minimum atomic E-state index is -1.16. The van der Waals surface area contributed by atoms with E-state index in [0.29, 0.717) is 11.3 Å². The second kappa shape index (κ2) is 5.25. The summed E-state index contributed by atoms with van der Waals surface area (Å²) in [5, 5.41) is 10.6. The summed E-state index contributed by atoms with van der Waals surface area (Å²) in [6.45, 7) is 1.62. The Hall–Kier alpha value is -1.91. The van der Waals surface area contributed by atoms with Crippen molar-refractivity contribution in [2.75, 3.05) is 7.11 Å². The van der Waals surface area contributed by atoms with Crippen LogP contribution in [0.3, 0.4) is 0 Å². The molecule has 0 amide bonds. The first-order valence-electron chi connectivity index (χ1n) is 4.92. The highest BCUT2D eigenvalue weighted by Gasteiger charge is 2.28. The molecule has 0 bridgehead atoms. The summed E-state index contributed by atoms with van der Waals surface area (Å²) in [6.07, 6.45) is 0.192. The van der Waals surface area contributed by atoms with Gasteiger partial charge in [-0.15, -0.1) is 0 Å². The average Bonchev–Trinajstić information content (AvgIpc) is 2.29. The van der Waals surface area contributed by atoms with Crippen molar-refractivity contribution in [2.45, 2.75) is 19.4 Å². The first-order valence-corrected chi connectivity index (χ1v) is 4.92. The normalized spacial score (nSPS) is 11.9. The average molecular weight is 223 g/mol. The predicted molar refractivity (Wildman–Crippen MR) is 58.4 cm³/mol. The lowest BCUT2D eigenvalue weighted by molar-refractivity contribution is -0.505. The van der Waals surface area contributed by atoms with E-state index in [1.807, 2.05) is 0 Å². The molecule has 0 fully saturated rings. The van der Waals surface area contributed by atoms with Crippen LogP contribution in [-0.4, -0.2) is 23.9 Å². The number of methoxy groups -OCH3 is 1. The van der Waals surface area contributed by atoms with E-state index >= 15 is 0 Å². The third kappa shape index (κ3) is 2.56. The number of ketones is 1. The number of carbonyl (C=O) groups excluding carboxylic acids is 1. The molecule has 0 aliphatic rings. The molecular weight excluding hydrogens is 210 g/mol. The Morgan fingerprint density at radius 1 is 1.44 bits per heavy atom. The van der Waals surface area contributed by atoms with E-state index in [0.717, 1.165) is 0 Å². The van der Waals surface area contributed by atoms with Gasteiger partial charge in [-0.1, -0.05) is 6.92 Å². The highest BCUT2D eigenvalue weighted by atomic mass is 16.6. The van der Waals surface area contributed by atoms with E-state index in [9.17, 15) is 14.9 Å². The van der Waals surface area contributed by atoms with Gasteiger partial charge in [0.25, 0.3) is 6.04 Å². The third-order valence-electron chi connectivity index (χ3n) is 2.32.